The number of carbonyl (C=O) groups is 2. The Morgan fingerprint density at radius 3 is 2.50 bits per heavy atom. The fraction of sp³-hybridized carbons (Fsp3) is 0.882. The summed E-state index contributed by atoms with van der Waals surface area (Å²) in [5.74, 6) is 0.618. The zero-order valence-corrected chi connectivity index (χ0v) is 14.1. The van der Waals surface area contributed by atoms with Crippen LogP contribution in [0.25, 0.3) is 0 Å². The summed E-state index contributed by atoms with van der Waals surface area (Å²) < 4.78 is 0. The first-order valence-electron chi connectivity index (χ1n) is 8.92. The van der Waals surface area contributed by atoms with Crippen LogP contribution in [0.5, 0.6) is 0 Å². The molecule has 0 spiro atoms. The molecule has 1 atom stereocenters. The smallest absolute Gasteiger partial charge is 0.318 e. The molecular formula is C17H31N3O2. The van der Waals surface area contributed by atoms with Gasteiger partial charge < -0.3 is 15.5 Å². The first-order chi connectivity index (χ1) is 10.6. The van der Waals surface area contributed by atoms with Crippen molar-refractivity contribution in [3.8, 4) is 0 Å². The highest BCUT2D eigenvalue weighted by Crippen LogP contribution is 2.21. The molecule has 0 bridgehead atoms. The van der Waals surface area contributed by atoms with E-state index in [9.17, 15) is 9.59 Å². The molecule has 2 aliphatic rings. The molecule has 22 heavy (non-hydrogen) atoms. The highest BCUT2D eigenvalue weighted by atomic mass is 16.2. The molecule has 2 N–H and O–H groups in total. The Morgan fingerprint density at radius 1 is 1.09 bits per heavy atom. The van der Waals surface area contributed by atoms with Gasteiger partial charge in [0.2, 0.25) is 5.91 Å². The second-order valence-electron chi connectivity index (χ2n) is 7.11. The minimum Gasteiger partial charge on any atom is -0.352 e. The van der Waals surface area contributed by atoms with Crippen molar-refractivity contribution < 1.29 is 9.59 Å². The zero-order chi connectivity index (χ0) is 15.9. The molecule has 0 radical (unpaired) electrons. The van der Waals surface area contributed by atoms with Gasteiger partial charge in [-0.2, -0.15) is 0 Å². The third-order valence-corrected chi connectivity index (χ3v) is 4.77. The number of carbonyl (C=O) groups excluding carboxylic acids is 2. The first-order valence-corrected chi connectivity index (χ1v) is 8.92. The van der Waals surface area contributed by atoms with Gasteiger partial charge in [-0.3, -0.25) is 4.79 Å². The van der Waals surface area contributed by atoms with Crippen molar-refractivity contribution in [2.45, 2.75) is 77.3 Å². The lowest BCUT2D eigenvalue weighted by Crippen LogP contribution is -2.51. The molecule has 0 unspecified atom stereocenters. The Hall–Kier alpha value is -1.26. The van der Waals surface area contributed by atoms with Crippen LogP contribution in [0.15, 0.2) is 0 Å². The number of rotatable bonds is 5. The lowest BCUT2D eigenvalue weighted by Gasteiger charge is -2.28. The summed E-state index contributed by atoms with van der Waals surface area (Å²) in [6.45, 7) is 5.66. The zero-order valence-electron chi connectivity index (χ0n) is 14.1. The standard InChI is InChI=1S/C17H31N3O2/c1-13(2)10-11-18-17(22)20-12-6-9-15(20)16(21)19-14-7-4-3-5-8-14/h13-15H,3-12H2,1-2H3,(H,18,22)(H,19,21)/t15-/m1/s1. The van der Waals surface area contributed by atoms with Crippen LogP contribution >= 0.6 is 0 Å². The highest BCUT2D eigenvalue weighted by molar-refractivity contribution is 5.87. The van der Waals surface area contributed by atoms with Gasteiger partial charge in [0.1, 0.15) is 6.04 Å². The lowest BCUT2D eigenvalue weighted by molar-refractivity contribution is -0.125. The van der Waals surface area contributed by atoms with Gasteiger partial charge in [-0.15, -0.1) is 0 Å². The number of amides is 3. The maximum absolute atomic E-state index is 12.5. The van der Waals surface area contributed by atoms with Crippen LogP contribution in [-0.2, 0) is 4.79 Å². The molecule has 5 nitrogen and oxygen atoms in total. The number of urea groups is 1. The third-order valence-electron chi connectivity index (χ3n) is 4.77. The van der Waals surface area contributed by atoms with Crippen LogP contribution in [0.4, 0.5) is 4.79 Å². The molecule has 0 aromatic rings. The highest BCUT2D eigenvalue weighted by Gasteiger charge is 2.34. The minimum atomic E-state index is -0.277. The van der Waals surface area contributed by atoms with Gasteiger partial charge in [-0.1, -0.05) is 33.1 Å². The van der Waals surface area contributed by atoms with E-state index in [0.29, 0.717) is 25.0 Å². The van der Waals surface area contributed by atoms with E-state index in [-0.39, 0.29) is 18.0 Å². The van der Waals surface area contributed by atoms with E-state index in [4.69, 9.17) is 0 Å². The molecule has 2 fully saturated rings. The third kappa shape index (κ3) is 4.89. The maximum atomic E-state index is 12.5. The van der Waals surface area contributed by atoms with Gasteiger partial charge in [0.15, 0.2) is 0 Å². The minimum absolute atomic E-state index is 0.0448. The van der Waals surface area contributed by atoms with Crippen molar-refractivity contribution in [2.24, 2.45) is 5.92 Å². The average molecular weight is 309 g/mol. The summed E-state index contributed by atoms with van der Waals surface area (Å²) in [5, 5.41) is 6.11. The Kier molecular flexibility index (Phi) is 6.52. The van der Waals surface area contributed by atoms with E-state index >= 15 is 0 Å². The van der Waals surface area contributed by atoms with E-state index in [2.05, 4.69) is 24.5 Å². The predicted octanol–water partition coefficient (Wildman–Crippen LogP) is 2.66. The average Bonchev–Trinajstić information content (AvgIpc) is 2.97. The van der Waals surface area contributed by atoms with E-state index in [1.54, 1.807) is 4.90 Å². The molecule has 1 aliphatic carbocycles. The van der Waals surface area contributed by atoms with Gasteiger partial charge in [-0.25, -0.2) is 4.79 Å². The molecule has 1 heterocycles. The fourth-order valence-corrected chi connectivity index (χ4v) is 3.40. The van der Waals surface area contributed by atoms with Crippen molar-refractivity contribution in [3.63, 3.8) is 0 Å². The molecule has 1 saturated heterocycles. The molecule has 0 aromatic heterocycles. The van der Waals surface area contributed by atoms with Crippen molar-refractivity contribution in [1.82, 2.24) is 15.5 Å². The summed E-state index contributed by atoms with van der Waals surface area (Å²) in [6, 6.07) is -0.0457. The van der Waals surface area contributed by atoms with Gasteiger partial charge in [0, 0.05) is 19.1 Å². The lowest BCUT2D eigenvalue weighted by atomic mass is 9.95. The van der Waals surface area contributed by atoms with E-state index in [0.717, 1.165) is 32.1 Å². The van der Waals surface area contributed by atoms with Gasteiger partial charge in [-0.05, 0) is 38.0 Å². The monoisotopic (exact) mass is 309 g/mol. The van der Waals surface area contributed by atoms with Crippen molar-refractivity contribution >= 4 is 11.9 Å². The van der Waals surface area contributed by atoms with Crippen molar-refractivity contribution in [2.75, 3.05) is 13.1 Å². The maximum Gasteiger partial charge on any atom is 0.318 e. The number of nitrogens with one attached hydrogen (secondary N) is 2. The molecule has 126 valence electrons. The molecule has 5 heteroatoms. The number of hydrogen-bond acceptors (Lipinski definition) is 2. The topological polar surface area (TPSA) is 61.4 Å². The second kappa shape index (κ2) is 8.39. The van der Waals surface area contributed by atoms with E-state index in [1.165, 1.54) is 19.3 Å². The molecule has 2 rings (SSSR count). The van der Waals surface area contributed by atoms with Crippen molar-refractivity contribution in [3.05, 3.63) is 0 Å². The Labute approximate surface area is 134 Å². The molecule has 1 aliphatic heterocycles. The summed E-state index contributed by atoms with van der Waals surface area (Å²) >= 11 is 0. The quantitative estimate of drug-likeness (QED) is 0.820. The first kappa shape index (κ1) is 17.1. The Morgan fingerprint density at radius 2 is 1.82 bits per heavy atom. The van der Waals surface area contributed by atoms with Gasteiger partial charge in [0.25, 0.3) is 0 Å². The van der Waals surface area contributed by atoms with E-state index < -0.39 is 0 Å². The van der Waals surface area contributed by atoms with Gasteiger partial charge in [0.05, 0.1) is 0 Å². The summed E-state index contributed by atoms with van der Waals surface area (Å²) in [7, 11) is 0. The summed E-state index contributed by atoms with van der Waals surface area (Å²) in [5.41, 5.74) is 0. The van der Waals surface area contributed by atoms with Crippen LogP contribution < -0.4 is 10.6 Å². The Balaban J connectivity index is 1.80. The van der Waals surface area contributed by atoms with Crippen LogP contribution in [0.3, 0.4) is 0 Å². The van der Waals surface area contributed by atoms with Crippen LogP contribution in [0.1, 0.15) is 65.2 Å². The fourth-order valence-electron chi connectivity index (χ4n) is 3.40. The predicted molar refractivity (Wildman–Crippen MR) is 87.6 cm³/mol. The SMILES string of the molecule is CC(C)CCNC(=O)N1CCC[C@@H]1C(=O)NC1CCCCC1. The number of hydrogen-bond donors (Lipinski definition) is 2. The van der Waals surface area contributed by atoms with Crippen LogP contribution in [-0.4, -0.2) is 42.0 Å². The molecule has 0 aromatic carbocycles. The Bertz CT molecular complexity index is 378. The summed E-state index contributed by atoms with van der Waals surface area (Å²) in [6.07, 6.45) is 8.53. The van der Waals surface area contributed by atoms with Crippen molar-refractivity contribution in [1.29, 1.82) is 0 Å². The molecular weight excluding hydrogens is 278 g/mol. The number of likely N-dealkylation sites (tertiary alicyclic amines) is 1. The van der Waals surface area contributed by atoms with Gasteiger partial charge >= 0.3 is 6.03 Å². The van der Waals surface area contributed by atoms with Crippen LogP contribution in [0, 0.1) is 5.92 Å². The normalized spacial score (nSPS) is 22.9. The second-order valence-corrected chi connectivity index (χ2v) is 7.11. The number of nitrogens with zero attached hydrogens (tertiary/aromatic N) is 1. The largest absolute Gasteiger partial charge is 0.352 e. The van der Waals surface area contributed by atoms with E-state index in [1.807, 2.05) is 0 Å². The van der Waals surface area contributed by atoms with Crippen LogP contribution in [0.2, 0.25) is 0 Å². The summed E-state index contributed by atoms with van der Waals surface area (Å²) in [4.78, 5) is 26.5. The molecule has 1 saturated carbocycles. The molecule has 3 amide bonds.